The molecule has 1 N–H and O–H groups in total. The second-order valence-corrected chi connectivity index (χ2v) is 7.07. The Kier molecular flexibility index (Phi) is 3.28. The SMILES string of the molecule is CCSN1C[C@H]([C@@H]2c3ccccc3-c3cncn32)[C@@H](O)C1. The quantitative estimate of drug-likeness (QED) is 0.884. The minimum atomic E-state index is -0.282. The number of fused-ring (bicyclic) bond motifs is 3. The highest BCUT2D eigenvalue weighted by atomic mass is 32.2. The molecule has 0 unspecified atom stereocenters. The number of aliphatic hydroxyl groups excluding tert-OH is 1. The molecule has 4 nitrogen and oxygen atoms in total. The van der Waals surface area contributed by atoms with E-state index in [4.69, 9.17) is 0 Å². The van der Waals surface area contributed by atoms with Gasteiger partial charge in [0.15, 0.2) is 0 Å². The zero-order valence-corrected chi connectivity index (χ0v) is 12.8. The molecule has 0 radical (unpaired) electrons. The summed E-state index contributed by atoms with van der Waals surface area (Å²) in [5.41, 5.74) is 3.75. The van der Waals surface area contributed by atoms with Crippen molar-refractivity contribution in [3.8, 4) is 11.3 Å². The summed E-state index contributed by atoms with van der Waals surface area (Å²) in [5, 5.41) is 10.5. The summed E-state index contributed by atoms with van der Waals surface area (Å²) in [5.74, 6) is 1.28. The van der Waals surface area contributed by atoms with Gasteiger partial charge < -0.3 is 9.67 Å². The minimum Gasteiger partial charge on any atom is -0.391 e. The Morgan fingerprint density at radius 2 is 2.19 bits per heavy atom. The maximum Gasteiger partial charge on any atom is 0.0956 e. The van der Waals surface area contributed by atoms with Gasteiger partial charge in [-0.2, -0.15) is 0 Å². The Hall–Kier alpha value is -1.30. The molecule has 2 aliphatic heterocycles. The maximum atomic E-state index is 10.5. The van der Waals surface area contributed by atoms with E-state index in [2.05, 4.69) is 45.0 Å². The number of benzene rings is 1. The zero-order valence-electron chi connectivity index (χ0n) is 12.0. The van der Waals surface area contributed by atoms with Gasteiger partial charge in [-0.25, -0.2) is 9.29 Å². The molecule has 1 aromatic heterocycles. The lowest BCUT2D eigenvalue weighted by molar-refractivity contribution is 0.126. The summed E-state index contributed by atoms with van der Waals surface area (Å²) in [6.45, 7) is 3.84. The molecule has 21 heavy (non-hydrogen) atoms. The van der Waals surface area contributed by atoms with E-state index >= 15 is 0 Å². The van der Waals surface area contributed by atoms with Crippen LogP contribution >= 0.6 is 11.9 Å². The van der Waals surface area contributed by atoms with Crippen molar-refractivity contribution in [3.63, 3.8) is 0 Å². The molecule has 5 heteroatoms. The van der Waals surface area contributed by atoms with E-state index in [1.807, 2.05) is 24.5 Å². The first kappa shape index (κ1) is 13.4. The predicted molar refractivity (Wildman–Crippen MR) is 85.0 cm³/mol. The van der Waals surface area contributed by atoms with Gasteiger partial charge in [0, 0.05) is 30.3 Å². The fraction of sp³-hybridized carbons (Fsp3) is 0.438. The standard InChI is InChI=1S/C16H19N3OS/c1-2-21-18-8-13(15(20)9-18)16-12-6-4-3-5-11(12)14-7-17-10-19(14)16/h3-7,10,13,15-16,20H,2,8-9H2,1H3/t13-,15-,16-/m0/s1. The molecule has 3 atom stereocenters. The highest BCUT2D eigenvalue weighted by Crippen LogP contribution is 2.45. The summed E-state index contributed by atoms with van der Waals surface area (Å²) in [7, 11) is 0. The summed E-state index contributed by atoms with van der Waals surface area (Å²) >= 11 is 1.82. The molecule has 2 aliphatic rings. The van der Waals surface area contributed by atoms with E-state index < -0.39 is 0 Å². The summed E-state index contributed by atoms with van der Waals surface area (Å²) in [6, 6.07) is 8.71. The van der Waals surface area contributed by atoms with E-state index in [0.29, 0.717) is 0 Å². The van der Waals surface area contributed by atoms with Gasteiger partial charge in [0.05, 0.1) is 30.4 Å². The van der Waals surface area contributed by atoms with Gasteiger partial charge in [0.2, 0.25) is 0 Å². The third-order valence-corrected chi connectivity index (χ3v) is 5.46. The van der Waals surface area contributed by atoms with Crippen molar-refractivity contribution in [2.45, 2.75) is 19.1 Å². The van der Waals surface area contributed by atoms with Crippen LogP contribution in [0.1, 0.15) is 18.5 Å². The van der Waals surface area contributed by atoms with Crippen LogP contribution in [0, 0.1) is 5.92 Å². The summed E-state index contributed by atoms with van der Waals surface area (Å²) in [4.78, 5) is 4.31. The van der Waals surface area contributed by atoms with Crippen molar-refractivity contribution in [2.75, 3.05) is 18.8 Å². The van der Waals surface area contributed by atoms with Crippen LogP contribution in [0.4, 0.5) is 0 Å². The summed E-state index contributed by atoms with van der Waals surface area (Å²) < 4.78 is 4.53. The minimum absolute atomic E-state index is 0.205. The Balaban J connectivity index is 1.73. The number of rotatable bonds is 3. The Morgan fingerprint density at radius 3 is 3.05 bits per heavy atom. The molecule has 1 fully saturated rings. The molecule has 0 amide bonds. The maximum absolute atomic E-state index is 10.5. The lowest BCUT2D eigenvalue weighted by atomic mass is 9.90. The number of aromatic nitrogens is 2. The molecule has 1 aromatic carbocycles. The van der Waals surface area contributed by atoms with Crippen molar-refractivity contribution in [2.24, 2.45) is 5.92 Å². The van der Waals surface area contributed by atoms with E-state index in [1.54, 1.807) is 0 Å². The number of β-amino-alcohol motifs (C(OH)–C–C–N with tert-alkyl or cyclic N) is 1. The van der Waals surface area contributed by atoms with Gasteiger partial charge in [-0.05, 0) is 5.56 Å². The van der Waals surface area contributed by atoms with Gasteiger partial charge in [-0.15, -0.1) is 0 Å². The van der Waals surface area contributed by atoms with Gasteiger partial charge in [0.25, 0.3) is 0 Å². The second kappa shape index (κ2) is 5.16. The number of aliphatic hydroxyl groups is 1. The Bertz CT molecular complexity index is 656. The Labute approximate surface area is 128 Å². The fourth-order valence-corrected chi connectivity index (χ4v) is 4.58. The highest BCUT2D eigenvalue weighted by molar-refractivity contribution is 7.96. The molecular formula is C16H19N3OS. The second-order valence-electron chi connectivity index (χ2n) is 5.71. The van der Waals surface area contributed by atoms with Crippen molar-refractivity contribution in [1.29, 1.82) is 0 Å². The van der Waals surface area contributed by atoms with Crippen LogP contribution in [0.3, 0.4) is 0 Å². The van der Waals surface area contributed by atoms with E-state index in [-0.39, 0.29) is 18.1 Å². The van der Waals surface area contributed by atoms with Crippen LogP contribution < -0.4 is 0 Å². The van der Waals surface area contributed by atoms with Crippen LogP contribution in [0.5, 0.6) is 0 Å². The van der Waals surface area contributed by atoms with Gasteiger partial charge in [-0.1, -0.05) is 43.1 Å². The molecule has 0 aliphatic carbocycles. The van der Waals surface area contributed by atoms with Crippen molar-refractivity contribution >= 4 is 11.9 Å². The smallest absolute Gasteiger partial charge is 0.0956 e. The van der Waals surface area contributed by atoms with Gasteiger partial charge >= 0.3 is 0 Å². The van der Waals surface area contributed by atoms with Gasteiger partial charge in [-0.3, -0.25) is 0 Å². The number of nitrogens with zero attached hydrogens (tertiary/aromatic N) is 3. The third kappa shape index (κ3) is 2.03. The van der Waals surface area contributed by atoms with Crippen LogP contribution in [0.25, 0.3) is 11.3 Å². The molecule has 110 valence electrons. The van der Waals surface area contributed by atoms with Crippen molar-refractivity contribution < 1.29 is 5.11 Å². The lowest BCUT2D eigenvalue weighted by Crippen LogP contribution is -2.27. The molecule has 0 bridgehead atoms. The van der Waals surface area contributed by atoms with Crippen molar-refractivity contribution in [1.82, 2.24) is 13.9 Å². The first-order chi connectivity index (χ1) is 10.3. The van der Waals surface area contributed by atoms with Crippen LogP contribution in [-0.4, -0.2) is 43.9 Å². The van der Waals surface area contributed by atoms with Crippen LogP contribution in [-0.2, 0) is 0 Å². The van der Waals surface area contributed by atoms with E-state index in [1.165, 1.54) is 16.8 Å². The lowest BCUT2D eigenvalue weighted by Gasteiger charge is -2.24. The average Bonchev–Trinajstić information content (AvgIpc) is 3.14. The fourth-order valence-electron chi connectivity index (χ4n) is 3.68. The predicted octanol–water partition coefficient (Wildman–Crippen LogP) is 2.41. The molecule has 1 saturated heterocycles. The first-order valence-electron chi connectivity index (χ1n) is 7.46. The average molecular weight is 301 g/mol. The highest BCUT2D eigenvalue weighted by Gasteiger charge is 2.42. The normalized spacial score (nSPS) is 27.8. The molecule has 3 heterocycles. The molecule has 0 saturated carbocycles. The zero-order chi connectivity index (χ0) is 14.4. The third-order valence-electron chi connectivity index (χ3n) is 4.54. The Morgan fingerprint density at radius 1 is 1.33 bits per heavy atom. The largest absolute Gasteiger partial charge is 0.391 e. The van der Waals surface area contributed by atoms with Crippen LogP contribution in [0.15, 0.2) is 36.8 Å². The van der Waals surface area contributed by atoms with Crippen molar-refractivity contribution in [3.05, 3.63) is 42.4 Å². The van der Waals surface area contributed by atoms with E-state index in [0.717, 1.165) is 18.8 Å². The topological polar surface area (TPSA) is 41.3 Å². The van der Waals surface area contributed by atoms with E-state index in [9.17, 15) is 5.11 Å². The molecule has 4 rings (SSSR count). The molecule has 0 spiro atoms. The number of hydrogen-bond acceptors (Lipinski definition) is 4. The first-order valence-corrected chi connectivity index (χ1v) is 8.41. The van der Waals surface area contributed by atoms with Gasteiger partial charge in [0.1, 0.15) is 0 Å². The monoisotopic (exact) mass is 301 g/mol. The molecule has 2 aromatic rings. The van der Waals surface area contributed by atoms with Crippen LogP contribution in [0.2, 0.25) is 0 Å². The number of imidazole rings is 1. The number of hydrogen-bond donors (Lipinski definition) is 1. The molecular weight excluding hydrogens is 282 g/mol. The summed E-state index contributed by atoms with van der Waals surface area (Å²) in [6.07, 6.45) is 3.55.